The van der Waals surface area contributed by atoms with Gasteiger partial charge >= 0.3 is 18.0 Å². The zero-order chi connectivity index (χ0) is 22.4. The molecule has 0 unspecified atom stereocenters. The van der Waals surface area contributed by atoms with Crippen molar-refractivity contribution in [3.63, 3.8) is 0 Å². The van der Waals surface area contributed by atoms with Gasteiger partial charge in [0.05, 0.1) is 20.3 Å². The van der Waals surface area contributed by atoms with Gasteiger partial charge in [-0.1, -0.05) is 10.3 Å². The maximum Gasteiger partial charge on any atom is 0.471 e. The predicted molar refractivity (Wildman–Crippen MR) is 97.6 cm³/mol. The first kappa shape index (κ1) is 22.1. The number of nitrogens with zero attached hydrogens (tertiary/aromatic N) is 3. The summed E-state index contributed by atoms with van der Waals surface area (Å²) < 4.78 is 62.9. The molecule has 0 spiro atoms. The zero-order valence-electron chi connectivity index (χ0n) is 16.6. The number of hydrogen-bond acceptors (Lipinski definition) is 9. The monoisotopic (exact) mass is 441 g/mol. The number of methoxy groups -OCH3 is 1. The predicted octanol–water partition coefficient (Wildman–Crippen LogP) is 3.94. The van der Waals surface area contributed by atoms with E-state index in [9.17, 15) is 18.0 Å². The van der Waals surface area contributed by atoms with E-state index in [0.29, 0.717) is 30.1 Å². The molecule has 0 aliphatic rings. The molecule has 0 bridgehead atoms. The molecule has 9 nitrogen and oxygen atoms in total. The summed E-state index contributed by atoms with van der Waals surface area (Å²) in [6.07, 6.45) is -3.71. The highest BCUT2D eigenvalue weighted by Crippen LogP contribution is 2.33. The molecule has 2 heterocycles. The van der Waals surface area contributed by atoms with E-state index in [1.165, 1.54) is 31.4 Å². The second kappa shape index (κ2) is 9.49. The molecule has 2 aromatic heterocycles. The molecule has 1 aromatic carbocycles. The summed E-state index contributed by atoms with van der Waals surface area (Å²) in [6, 6.07) is 5.98. The van der Waals surface area contributed by atoms with Gasteiger partial charge in [0.1, 0.15) is 5.76 Å². The average Bonchev–Trinajstić information content (AvgIpc) is 3.41. The van der Waals surface area contributed by atoms with E-state index in [1.54, 1.807) is 6.92 Å². The van der Waals surface area contributed by atoms with Crippen LogP contribution in [-0.2, 0) is 17.3 Å². The number of rotatable bonds is 9. The van der Waals surface area contributed by atoms with Gasteiger partial charge in [-0.2, -0.15) is 18.2 Å². The van der Waals surface area contributed by atoms with Gasteiger partial charge in [-0.05, 0) is 31.5 Å². The lowest BCUT2D eigenvalue weighted by Gasteiger charge is -2.11. The minimum absolute atomic E-state index is 0.102. The first-order chi connectivity index (χ1) is 14.8. The van der Waals surface area contributed by atoms with Crippen molar-refractivity contribution in [3.8, 4) is 22.9 Å². The average molecular weight is 441 g/mol. The van der Waals surface area contributed by atoms with Crippen LogP contribution in [0.4, 0.5) is 13.2 Å². The summed E-state index contributed by atoms with van der Waals surface area (Å²) in [7, 11) is 1.40. The van der Waals surface area contributed by atoms with Gasteiger partial charge in [0.2, 0.25) is 5.82 Å². The Balaban J connectivity index is 1.57. The Labute approximate surface area is 174 Å². The van der Waals surface area contributed by atoms with E-state index in [1.807, 2.05) is 0 Å². The second-order valence-corrected chi connectivity index (χ2v) is 6.14. The lowest BCUT2D eigenvalue weighted by molar-refractivity contribution is -0.159. The highest BCUT2D eigenvalue weighted by molar-refractivity contribution is 5.87. The van der Waals surface area contributed by atoms with Crippen LogP contribution in [0.3, 0.4) is 0 Å². The summed E-state index contributed by atoms with van der Waals surface area (Å²) in [6.45, 7) is 2.22. The Hall–Kier alpha value is -3.57. The Morgan fingerprint density at radius 1 is 1.13 bits per heavy atom. The summed E-state index contributed by atoms with van der Waals surface area (Å²) in [5.74, 6) is -1.02. The van der Waals surface area contributed by atoms with Crippen LogP contribution in [0.5, 0.6) is 11.5 Å². The first-order valence-electron chi connectivity index (χ1n) is 9.16. The minimum atomic E-state index is -4.72. The zero-order valence-corrected chi connectivity index (χ0v) is 16.6. The van der Waals surface area contributed by atoms with Gasteiger partial charge in [-0.25, -0.2) is 4.79 Å². The number of carbonyl (C=O) groups excluding carboxylic acids is 1. The van der Waals surface area contributed by atoms with E-state index >= 15 is 0 Å². The molecule has 12 heteroatoms. The molecular formula is C19H18F3N3O6. The van der Waals surface area contributed by atoms with E-state index < -0.39 is 18.0 Å². The molecule has 31 heavy (non-hydrogen) atoms. The molecule has 166 valence electrons. The van der Waals surface area contributed by atoms with Crippen molar-refractivity contribution < 1.29 is 41.2 Å². The van der Waals surface area contributed by atoms with Crippen molar-refractivity contribution >= 4 is 5.97 Å². The SMILES string of the molecule is CCOC(=O)c1cc(CCCOc2ccc(-c3noc(C(F)(F)F)n3)cc2OC)on1. The summed E-state index contributed by atoms with van der Waals surface area (Å²) >= 11 is 0. The van der Waals surface area contributed by atoms with Crippen LogP contribution in [0.2, 0.25) is 0 Å². The van der Waals surface area contributed by atoms with Crippen LogP contribution in [0.25, 0.3) is 11.4 Å². The molecule has 3 aromatic rings. The molecule has 0 N–H and O–H groups in total. The number of alkyl halides is 3. The molecule has 0 fully saturated rings. The van der Waals surface area contributed by atoms with Gasteiger partial charge in [-0.3, -0.25) is 0 Å². The molecule has 0 aliphatic carbocycles. The minimum Gasteiger partial charge on any atom is -0.493 e. The third-order valence-corrected chi connectivity index (χ3v) is 3.96. The van der Waals surface area contributed by atoms with E-state index in [0.717, 1.165) is 0 Å². The first-order valence-corrected chi connectivity index (χ1v) is 9.16. The molecule has 3 rings (SSSR count). The number of ether oxygens (including phenoxy) is 3. The Bertz CT molecular complexity index is 1030. The Morgan fingerprint density at radius 2 is 1.94 bits per heavy atom. The second-order valence-electron chi connectivity index (χ2n) is 6.14. The number of benzene rings is 1. The fraction of sp³-hybridized carbons (Fsp3) is 0.368. The lowest BCUT2D eigenvalue weighted by Crippen LogP contribution is -2.05. The maximum absolute atomic E-state index is 12.6. The topological polar surface area (TPSA) is 110 Å². The molecule has 0 amide bonds. The fourth-order valence-corrected chi connectivity index (χ4v) is 2.54. The van der Waals surface area contributed by atoms with Crippen molar-refractivity contribution in [1.29, 1.82) is 0 Å². The fourth-order valence-electron chi connectivity index (χ4n) is 2.54. The molecule has 0 radical (unpaired) electrons. The van der Waals surface area contributed by atoms with Gasteiger partial charge in [0, 0.05) is 18.1 Å². The van der Waals surface area contributed by atoms with Crippen LogP contribution >= 0.6 is 0 Å². The van der Waals surface area contributed by atoms with Crippen molar-refractivity contribution in [1.82, 2.24) is 15.3 Å². The molecule has 0 aliphatic heterocycles. The van der Waals surface area contributed by atoms with E-state index in [-0.39, 0.29) is 30.3 Å². The van der Waals surface area contributed by atoms with Crippen LogP contribution < -0.4 is 9.47 Å². The molecule has 0 saturated carbocycles. The highest BCUT2D eigenvalue weighted by atomic mass is 19.4. The number of halogens is 3. The standard InChI is InChI=1S/C19H18F3N3O6/c1-3-28-17(26)13-10-12(30-24-13)5-4-8-29-14-7-6-11(9-15(14)27-2)16-23-18(31-25-16)19(20,21)22/h6-7,9-10H,3-5,8H2,1-2H3. The third-order valence-electron chi connectivity index (χ3n) is 3.96. The lowest BCUT2D eigenvalue weighted by atomic mass is 10.2. The van der Waals surface area contributed by atoms with Crippen molar-refractivity contribution in [3.05, 3.63) is 41.6 Å². The number of hydrogen-bond donors (Lipinski definition) is 0. The maximum atomic E-state index is 12.6. The third kappa shape index (κ3) is 5.53. The number of aromatic nitrogens is 3. The number of esters is 1. The van der Waals surface area contributed by atoms with Crippen molar-refractivity contribution in [2.24, 2.45) is 0 Å². The van der Waals surface area contributed by atoms with Crippen molar-refractivity contribution in [2.75, 3.05) is 20.3 Å². The largest absolute Gasteiger partial charge is 0.493 e. The van der Waals surface area contributed by atoms with E-state index in [4.69, 9.17) is 18.7 Å². The normalized spacial score (nSPS) is 11.4. The molecule has 0 atom stereocenters. The Morgan fingerprint density at radius 3 is 2.61 bits per heavy atom. The van der Waals surface area contributed by atoms with Crippen molar-refractivity contribution in [2.45, 2.75) is 25.9 Å². The Kier molecular flexibility index (Phi) is 6.78. The summed E-state index contributed by atoms with van der Waals surface area (Å²) in [4.78, 5) is 14.9. The highest BCUT2D eigenvalue weighted by Gasteiger charge is 2.38. The number of carbonyl (C=O) groups is 1. The van der Waals surface area contributed by atoms with Crippen LogP contribution in [0.1, 0.15) is 35.5 Å². The summed E-state index contributed by atoms with van der Waals surface area (Å²) in [5.41, 5.74) is 0.377. The van der Waals surface area contributed by atoms with Crippen LogP contribution in [-0.4, -0.2) is 41.6 Å². The van der Waals surface area contributed by atoms with Crippen LogP contribution in [0, 0.1) is 0 Å². The molecular weight excluding hydrogens is 423 g/mol. The van der Waals surface area contributed by atoms with Gasteiger partial charge in [-0.15, -0.1) is 0 Å². The smallest absolute Gasteiger partial charge is 0.471 e. The van der Waals surface area contributed by atoms with Crippen LogP contribution in [0.15, 0.2) is 33.3 Å². The van der Waals surface area contributed by atoms with Gasteiger partial charge in [0.15, 0.2) is 17.2 Å². The molecule has 0 saturated heterocycles. The summed E-state index contributed by atoms with van der Waals surface area (Å²) in [5, 5.41) is 7.00. The van der Waals surface area contributed by atoms with Gasteiger partial charge in [0.25, 0.3) is 0 Å². The van der Waals surface area contributed by atoms with E-state index in [2.05, 4.69) is 19.8 Å². The number of aryl methyl sites for hydroxylation is 1. The quantitative estimate of drug-likeness (QED) is 0.360. The van der Waals surface area contributed by atoms with Gasteiger partial charge < -0.3 is 23.3 Å².